The number of thiophene rings is 2. The topological polar surface area (TPSA) is 11.4 Å². The molecule has 0 bridgehead atoms. The van der Waals surface area contributed by atoms with Crippen molar-refractivity contribution in [3.63, 3.8) is 0 Å². The van der Waals surface area contributed by atoms with Gasteiger partial charge in [0, 0.05) is 90.9 Å². The van der Waals surface area contributed by atoms with Crippen LogP contribution in [-0.4, -0.2) is 4.57 Å². The van der Waals surface area contributed by atoms with Gasteiger partial charge in [-0.15, -0.1) is 22.7 Å². The molecule has 5 heteroatoms. The summed E-state index contributed by atoms with van der Waals surface area (Å²) >= 11 is 3.72. The summed E-state index contributed by atoms with van der Waals surface area (Å²) in [6.07, 6.45) is 5.58. The van der Waals surface area contributed by atoms with Crippen molar-refractivity contribution < 1.29 is 0 Å². The van der Waals surface area contributed by atoms with Crippen LogP contribution < -0.4 is 9.80 Å². The number of aromatic nitrogens is 1. The Morgan fingerprint density at radius 2 is 0.697 bits per heavy atom. The molecule has 15 rings (SSSR count). The fourth-order valence-electron chi connectivity index (χ4n) is 11.3. The van der Waals surface area contributed by atoms with Gasteiger partial charge in [0.05, 0.1) is 11.0 Å². The molecule has 3 nitrogen and oxygen atoms in total. The van der Waals surface area contributed by atoms with Crippen LogP contribution in [0.15, 0.2) is 316 Å². The first-order chi connectivity index (χ1) is 44.0. The number of anilines is 6. The zero-order chi connectivity index (χ0) is 62.1. The van der Waals surface area contributed by atoms with Crippen molar-refractivity contribution in [1.82, 2.24) is 4.57 Å². The lowest BCUT2D eigenvalue weighted by molar-refractivity contribution is 1.18. The van der Waals surface area contributed by atoms with E-state index >= 15 is 0 Å². The Bertz CT molecular complexity index is 4730. The van der Waals surface area contributed by atoms with Crippen molar-refractivity contribution in [3.05, 3.63) is 322 Å². The van der Waals surface area contributed by atoms with Crippen molar-refractivity contribution in [3.8, 4) is 27.9 Å². The van der Waals surface area contributed by atoms with E-state index in [2.05, 4.69) is 301 Å². The minimum Gasteiger partial charge on any atom is -0.310 e. The largest absolute Gasteiger partial charge is 0.310 e. The van der Waals surface area contributed by atoms with E-state index in [9.17, 15) is 0 Å². The van der Waals surface area contributed by atoms with E-state index in [0.29, 0.717) is 0 Å². The maximum absolute atomic E-state index is 3.46. The average molecular weight is 1190 g/mol. The van der Waals surface area contributed by atoms with Crippen LogP contribution in [0.3, 0.4) is 0 Å². The van der Waals surface area contributed by atoms with Crippen molar-refractivity contribution >= 4 is 119 Å². The Balaban J connectivity index is 0.000000431. The van der Waals surface area contributed by atoms with Crippen LogP contribution in [0.4, 0.5) is 34.1 Å². The summed E-state index contributed by atoms with van der Waals surface area (Å²) in [6, 6.07) is 106. The molecule has 3 heterocycles. The highest BCUT2D eigenvalue weighted by Gasteiger charge is 2.20. The molecule has 440 valence electrons. The smallest absolute Gasteiger partial charge is 0.0555 e. The number of rotatable bonds is 10. The van der Waals surface area contributed by atoms with E-state index in [0.717, 1.165) is 50.9 Å². The van der Waals surface area contributed by atoms with Crippen LogP contribution in [0.1, 0.15) is 54.0 Å². The molecule has 0 unspecified atom stereocenters. The molecule has 0 amide bonds. The highest BCUT2D eigenvalue weighted by Crippen LogP contribution is 2.45. The predicted molar refractivity (Wildman–Crippen MR) is 397 cm³/mol. The minimum absolute atomic E-state index is 1.09. The molecule has 0 aliphatic carbocycles. The Morgan fingerprint density at radius 1 is 0.315 bits per heavy atom. The third-order valence-electron chi connectivity index (χ3n) is 15.2. The summed E-state index contributed by atoms with van der Waals surface area (Å²) in [7, 11) is 0. The zero-order valence-corrected chi connectivity index (χ0v) is 53.9. The predicted octanol–water partition coefficient (Wildman–Crippen LogP) is 26.6. The van der Waals surface area contributed by atoms with Gasteiger partial charge in [-0.1, -0.05) is 248 Å². The number of hydrogen-bond acceptors (Lipinski definition) is 4. The Kier molecular flexibility index (Phi) is 20.9. The highest BCUT2D eigenvalue weighted by atomic mass is 32.1. The number of allylic oxidation sites excluding steroid dienone is 3. The van der Waals surface area contributed by atoms with Gasteiger partial charge in [0.25, 0.3) is 0 Å². The second-order valence-electron chi connectivity index (χ2n) is 20.5. The summed E-state index contributed by atoms with van der Waals surface area (Å²) in [5, 5.41) is 7.68. The van der Waals surface area contributed by atoms with Gasteiger partial charge in [-0.2, -0.15) is 0 Å². The first-order valence-corrected chi connectivity index (χ1v) is 32.8. The van der Waals surface area contributed by atoms with Gasteiger partial charge in [0.2, 0.25) is 0 Å². The van der Waals surface area contributed by atoms with Gasteiger partial charge in [0.1, 0.15) is 0 Å². The fraction of sp³-hybridized carbons (Fsp3) is 0.0952. The van der Waals surface area contributed by atoms with Crippen molar-refractivity contribution in [2.75, 3.05) is 9.80 Å². The lowest BCUT2D eigenvalue weighted by Crippen LogP contribution is -2.10. The number of fused-ring (bicyclic) bond motifs is 9. The summed E-state index contributed by atoms with van der Waals surface area (Å²) in [5.41, 5.74) is 16.3. The summed E-state index contributed by atoms with van der Waals surface area (Å²) < 4.78 is 7.63. The number of para-hydroxylation sites is 2. The second kappa shape index (κ2) is 30.0. The molecule has 0 radical (unpaired) electrons. The summed E-state index contributed by atoms with van der Waals surface area (Å²) in [6.45, 7) is 19.5. The van der Waals surface area contributed by atoms with E-state index in [4.69, 9.17) is 0 Å². The van der Waals surface area contributed by atoms with E-state index in [1.807, 2.05) is 101 Å². The molecule has 3 aromatic heterocycles. The number of aryl methyl sites for hydroxylation is 1. The van der Waals surface area contributed by atoms with Crippen LogP contribution >= 0.6 is 22.7 Å². The maximum Gasteiger partial charge on any atom is 0.0555 e. The second-order valence-corrected chi connectivity index (χ2v) is 22.7. The highest BCUT2D eigenvalue weighted by molar-refractivity contribution is 7.26. The van der Waals surface area contributed by atoms with E-state index in [-0.39, 0.29) is 0 Å². The van der Waals surface area contributed by atoms with Gasteiger partial charge in [-0.25, -0.2) is 0 Å². The molecule has 0 saturated carbocycles. The molecule has 0 saturated heterocycles. The number of benzene rings is 12. The van der Waals surface area contributed by atoms with E-state index < -0.39 is 0 Å². The SMILES string of the molecule is C=C/C=C\C.CC.CC.CC.Cc1ccccc1.c1ccc(-c2ccc(N(c3ccc(-c4ccc(N(c5ccccc5)c5ccc6c(c5)c5cc7c(cc5n6-c5ccccc5)sc5ccccc57)cc4)cc3)c3ccc4c(c3)sc3ccccc34)cc2)cc1. The zero-order valence-electron chi connectivity index (χ0n) is 52.3. The standard InChI is InChI=1S/C66H43N3S2.C7H8.C5H8.3C2H6/c1-4-14-44(15-5-1)45-24-30-51(31-25-45)68(54-36-38-57-55-20-10-12-22-63(55)70-65(57)41-54)52-34-28-47(29-35-52)46-26-32-50(33-27-46)67(48-16-6-2-7-17-48)53-37-39-61-58(40-53)59-42-60-56-21-11-13-23-64(56)71-66(60)43-62(59)69(61)49-18-8-3-9-19-49;1-7-5-3-2-4-6-7;1-3-5-4-2;3*1-2/h1-43H;2-6H,1H3;3-5H,1H2,2H3;3*1-2H3/b;;5-4-;;;. The normalized spacial score (nSPS) is 10.7. The third-order valence-corrected chi connectivity index (χ3v) is 17.5. The molecule has 15 aromatic rings. The first-order valence-electron chi connectivity index (χ1n) is 31.1. The van der Waals surface area contributed by atoms with Crippen LogP contribution in [0.5, 0.6) is 0 Å². The molecular formula is C84H77N3S2. The van der Waals surface area contributed by atoms with Gasteiger partial charge in [-0.05, 0) is 151 Å². The Labute approximate surface area is 534 Å². The number of hydrogen-bond donors (Lipinski definition) is 0. The average Bonchev–Trinajstić information content (AvgIpc) is 1.61. The van der Waals surface area contributed by atoms with Crippen LogP contribution in [0, 0.1) is 6.92 Å². The molecule has 0 aliphatic heterocycles. The van der Waals surface area contributed by atoms with Gasteiger partial charge < -0.3 is 14.4 Å². The Morgan fingerprint density at radius 3 is 1.18 bits per heavy atom. The molecule has 89 heavy (non-hydrogen) atoms. The van der Waals surface area contributed by atoms with Crippen LogP contribution in [0.2, 0.25) is 0 Å². The van der Waals surface area contributed by atoms with E-state index in [1.54, 1.807) is 6.08 Å². The molecular weight excluding hydrogens is 1120 g/mol. The quantitative estimate of drug-likeness (QED) is 0.126. The molecule has 0 spiro atoms. The monoisotopic (exact) mass is 1190 g/mol. The molecule has 12 aromatic carbocycles. The lowest BCUT2D eigenvalue weighted by Gasteiger charge is -2.26. The van der Waals surface area contributed by atoms with Crippen LogP contribution in [0.25, 0.3) is 90.1 Å². The Hall–Kier alpha value is -10.0. The van der Waals surface area contributed by atoms with Crippen molar-refractivity contribution in [2.24, 2.45) is 0 Å². The molecule has 0 aliphatic rings. The van der Waals surface area contributed by atoms with Crippen LogP contribution in [-0.2, 0) is 0 Å². The third kappa shape index (κ3) is 13.6. The summed E-state index contributed by atoms with van der Waals surface area (Å²) in [4.78, 5) is 4.76. The van der Waals surface area contributed by atoms with Gasteiger partial charge >= 0.3 is 0 Å². The lowest BCUT2D eigenvalue weighted by atomic mass is 10.0. The first kappa shape index (κ1) is 62.0. The summed E-state index contributed by atoms with van der Waals surface area (Å²) in [5.74, 6) is 0. The fourth-order valence-corrected chi connectivity index (χ4v) is 13.5. The number of nitrogens with zero attached hydrogens (tertiary/aromatic N) is 3. The van der Waals surface area contributed by atoms with Gasteiger partial charge in [0.15, 0.2) is 0 Å². The molecule has 0 N–H and O–H groups in total. The maximum atomic E-state index is 3.46. The molecule has 0 fully saturated rings. The molecule has 0 atom stereocenters. The minimum atomic E-state index is 1.09. The van der Waals surface area contributed by atoms with Crippen molar-refractivity contribution in [2.45, 2.75) is 55.4 Å². The van der Waals surface area contributed by atoms with Gasteiger partial charge in [-0.3, -0.25) is 0 Å². The van der Waals surface area contributed by atoms with E-state index in [1.165, 1.54) is 78.8 Å². The van der Waals surface area contributed by atoms with Crippen molar-refractivity contribution in [1.29, 1.82) is 0 Å².